The molecule has 0 radical (unpaired) electrons. The summed E-state index contributed by atoms with van der Waals surface area (Å²) in [5, 5.41) is 4.30. The lowest BCUT2D eigenvalue weighted by atomic mass is 9.68. The summed E-state index contributed by atoms with van der Waals surface area (Å²) in [5.41, 5.74) is 1.17. The van der Waals surface area contributed by atoms with Crippen molar-refractivity contribution >= 4 is 0 Å². The highest BCUT2D eigenvalue weighted by atomic mass is 19.4. The number of aromatic amines is 1. The fourth-order valence-electron chi connectivity index (χ4n) is 5.47. The number of alkyl halides is 3. The molecule has 4 nitrogen and oxygen atoms in total. The highest BCUT2D eigenvalue weighted by molar-refractivity contribution is 5.38. The molecule has 2 aromatic heterocycles. The molecule has 2 saturated carbocycles. The highest BCUT2D eigenvalue weighted by Crippen LogP contribution is 2.59. The van der Waals surface area contributed by atoms with Crippen molar-refractivity contribution in [2.45, 2.75) is 69.9 Å². The first kappa shape index (κ1) is 21.3. The van der Waals surface area contributed by atoms with Gasteiger partial charge in [-0.1, -0.05) is 31.9 Å². The minimum absolute atomic E-state index is 0.00219. The van der Waals surface area contributed by atoms with Crippen molar-refractivity contribution in [3.8, 4) is 5.69 Å². The number of H-pyrrole nitrogens is 1. The maximum atomic E-state index is 13.4. The Bertz CT molecular complexity index is 1040. The summed E-state index contributed by atoms with van der Waals surface area (Å²) in [6, 6.07) is 10.4. The first-order valence-corrected chi connectivity index (χ1v) is 11.5. The third kappa shape index (κ3) is 3.86. The lowest BCUT2D eigenvalue weighted by Gasteiger charge is -2.36. The molecule has 2 aliphatic rings. The molecule has 170 valence electrons. The summed E-state index contributed by atoms with van der Waals surface area (Å²) in [7, 11) is 0. The van der Waals surface area contributed by atoms with Crippen molar-refractivity contribution < 1.29 is 13.2 Å². The molecule has 1 atom stereocenters. The Morgan fingerprint density at radius 2 is 1.84 bits per heavy atom. The molecule has 0 bridgehead atoms. The number of nitrogens with one attached hydrogen (secondary N) is 1. The number of hydrogen-bond donors (Lipinski definition) is 1. The summed E-state index contributed by atoms with van der Waals surface area (Å²) in [4.78, 5) is 7.75. The number of aromatic nitrogens is 4. The lowest BCUT2D eigenvalue weighted by molar-refractivity contribution is -0.186. The van der Waals surface area contributed by atoms with Crippen LogP contribution in [0.15, 0.2) is 48.9 Å². The zero-order valence-electron chi connectivity index (χ0n) is 18.3. The van der Waals surface area contributed by atoms with Gasteiger partial charge in [0.15, 0.2) is 0 Å². The number of halogens is 3. The topological polar surface area (TPSA) is 46.5 Å². The maximum Gasteiger partial charge on any atom is 0.394 e. The average Bonchev–Trinajstić information content (AvgIpc) is 3.22. The summed E-state index contributed by atoms with van der Waals surface area (Å²) >= 11 is 0. The van der Waals surface area contributed by atoms with Gasteiger partial charge in [-0.25, -0.2) is 9.67 Å². The molecule has 0 spiro atoms. The standard InChI is InChI=1S/C25H29F3N4/c1-23(18-5-2-3-6-18,19-7-9-21(10-8-19)32-14-4-13-30-32)16-22-29-17-20(31-22)15-24(11-12-24)25(26,27)28/h4,7-10,13-14,17-18H,2-3,5-6,11-12,15-16H2,1H3,(H,29,31). The van der Waals surface area contributed by atoms with Crippen molar-refractivity contribution in [2.24, 2.45) is 11.3 Å². The molecule has 1 aromatic carbocycles. The van der Waals surface area contributed by atoms with E-state index in [0.29, 0.717) is 18.0 Å². The van der Waals surface area contributed by atoms with Crippen LogP contribution in [0.1, 0.15) is 62.5 Å². The van der Waals surface area contributed by atoms with Gasteiger partial charge in [-0.05, 0) is 55.4 Å². The van der Waals surface area contributed by atoms with Crippen LogP contribution in [0.5, 0.6) is 0 Å². The van der Waals surface area contributed by atoms with Crippen LogP contribution in [-0.2, 0) is 18.3 Å². The van der Waals surface area contributed by atoms with E-state index in [9.17, 15) is 13.2 Å². The molecule has 2 fully saturated rings. The van der Waals surface area contributed by atoms with Gasteiger partial charge in [-0.2, -0.15) is 18.3 Å². The molecular weight excluding hydrogens is 413 g/mol. The van der Waals surface area contributed by atoms with Crippen molar-refractivity contribution in [3.63, 3.8) is 0 Å². The Morgan fingerprint density at radius 3 is 2.44 bits per heavy atom. The van der Waals surface area contributed by atoms with E-state index < -0.39 is 11.6 Å². The van der Waals surface area contributed by atoms with Gasteiger partial charge in [-0.15, -0.1) is 0 Å². The number of hydrogen-bond acceptors (Lipinski definition) is 2. The van der Waals surface area contributed by atoms with E-state index >= 15 is 0 Å². The van der Waals surface area contributed by atoms with Gasteiger partial charge >= 0.3 is 6.18 Å². The number of rotatable bonds is 7. The van der Waals surface area contributed by atoms with E-state index in [2.05, 4.69) is 46.3 Å². The van der Waals surface area contributed by atoms with E-state index in [1.54, 1.807) is 12.4 Å². The SMILES string of the molecule is CC(Cc1ncc(CC2(C(F)(F)F)CC2)[nH]1)(c1ccc(-n2cccn2)cc1)C1CCCC1. The predicted molar refractivity (Wildman–Crippen MR) is 117 cm³/mol. The monoisotopic (exact) mass is 442 g/mol. The minimum atomic E-state index is -4.15. The van der Waals surface area contributed by atoms with Crippen LogP contribution in [0.4, 0.5) is 13.2 Å². The zero-order valence-corrected chi connectivity index (χ0v) is 18.3. The van der Waals surface area contributed by atoms with Crippen LogP contribution in [0, 0.1) is 11.3 Å². The molecule has 0 amide bonds. The molecule has 32 heavy (non-hydrogen) atoms. The molecule has 3 aromatic rings. The van der Waals surface area contributed by atoms with Gasteiger partial charge in [0.05, 0.1) is 11.1 Å². The smallest absolute Gasteiger partial charge is 0.346 e. The Hall–Kier alpha value is -2.57. The number of benzene rings is 1. The van der Waals surface area contributed by atoms with Crippen LogP contribution < -0.4 is 0 Å². The largest absolute Gasteiger partial charge is 0.394 e. The Morgan fingerprint density at radius 1 is 1.12 bits per heavy atom. The van der Waals surface area contributed by atoms with E-state index in [0.717, 1.165) is 11.5 Å². The van der Waals surface area contributed by atoms with Crippen molar-refractivity contribution in [1.29, 1.82) is 0 Å². The second-order valence-electron chi connectivity index (χ2n) is 9.88. The van der Waals surface area contributed by atoms with Gasteiger partial charge < -0.3 is 4.98 Å². The van der Waals surface area contributed by atoms with Crippen molar-refractivity contribution in [1.82, 2.24) is 19.7 Å². The van der Waals surface area contributed by atoms with Crippen LogP contribution >= 0.6 is 0 Å². The number of imidazole rings is 1. The van der Waals surface area contributed by atoms with Crippen LogP contribution in [-0.4, -0.2) is 25.9 Å². The van der Waals surface area contributed by atoms with Gasteiger partial charge in [-0.3, -0.25) is 0 Å². The molecule has 2 aliphatic carbocycles. The molecule has 7 heteroatoms. The number of nitrogens with zero attached hydrogens (tertiary/aromatic N) is 3. The van der Waals surface area contributed by atoms with Crippen molar-refractivity contribution in [3.05, 3.63) is 66.0 Å². The fourth-order valence-corrected chi connectivity index (χ4v) is 5.47. The summed E-state index contributed by atoms with van der Waals surface area (Å²) in [5.74, 6) is 1.31. The van der Waals surface area contributed by atoms with E-state index in [4.69, 9.17) is 0 Å². The Balaban J connectivity index is 1.39. The highest BCUT2D eigenvalue weighted by Gasteiger charge is 2.63. The van der Waals surface area contributed by atoms with E-state index in [-0.39, 0.29) is 24.7 Å². The summed E-state index contributed by atoms with van der Waals surface area (Å²) in [6.07, 6.45) is 7.06. The van der Waals surface area contributed by atoms with E-state index in [1.807, 2.05) is 16.9 Å². The van der Waals surface area contributed by atoms with Crippen LogP contribution in [0.3, 0.4) is 0 Å². The molecular formula is C25H29F3N4. The van der Waals surface area contributed by atoms with Crippen LogP contribution in [0.2, 0.25) is 0 Å². The lowest BCUT2D eigenvalue weighted by Crippen LogP contribution is -2.33. The predicted octanol–water partition coefficient (Wildman–Crippen LogP) is 6.17. The molecule has 5 rings (SSSR count). The second kappa shape index (κ2) is 7.78. The first-order valence-electron chi connectivity index (χ1n) is 11.5. The average molecular weight is 443 g/mol. The van der Waals surface area contributed by atoms with Gasteiger partial charge in [0, 0.05) is 42.5 Å². The first-order chi connectivity index (χ1) is 15.3. The second-order valence-corrected chi connectivity index (χ2v) is 9.88. The zero-order chi connectivity index (χ0) is 22.4. The molecule has 2 heterocycles. The minimum Gasteiger partial charge on any atom is -0.346 e. The van der Waals surface area contributed by atoms with Gasteiger partial charge in [0.2, 0.25) is 0 Å². The van der Waals surface area contributed by atoms with Crippen molar-refractivity contribution in [2.75, 3.05) is 0 Å². The molecule has 1 N–H and O–H groups in total. The molecule has 0 aliphatic heterocycles. The fraction of sp³-hybridized carbons (Fsp3) is 0.520. The van der Waals surface area contributed by atoms with Gasteiger partial charge in [0.1, 0.15) is 5.82 Å². The Kier molecular flexibility index (Phi) is 5.18. The van der Waals surface area contributed by atoms with Gasteiger partial charge in [0.25, 0.3) is 0 Å². The summed E-state index contributed by atoms with van der Waals surface area (Å²) in [6.45, 7) is 2.28. The van der Waals surface area contributed by atoms with Crippen LogP contribution in [0.25, 0.3) is 5.69 Å². The van der Waals surface area contributed by atoms with E-state index in [1.165, 1.54) is 31.2 Å². The summed E-state index contributed by atoms with van der Waals surface area (Å²) < 4.78 is 42.0. The maximum absolute atomic E-state index is 13.4. The third-order valence-electron chi connectivity index (χ3n) is 7.75. The normalized spacial score (nSPS) is 20.4. The molecule has 1 unspecified atom stereocenters. The Labute approximate surface area is 186 Å². The molecule has 0 saturated heterocycles. The third-order valence-corrected chi connectivity index (χ3v) is 7.75. The quantitative estimate of drug-likeness (QED) is 0.476.